The van der Waals surface area contributed by atoms with Crippen LogP contribution in [0.25, 0.3) is 6.08 Å². The van der Waals surface area contributed by atoms with Crippen LogP contribution in [0.4, 0.5) is 0 Å². The molecule has 0 spiro atoms. The number of phenolic OH excluding ortho intramolecular Hbond substituents is 1. The van der Waals surface area contributed by atoms with Gasteiger partial charge >= 0.3 is 0 Å². The van der Waals surface area contributed by atoms with E-state index in [2.05, 4.69) is 5.32 Å². The van der Waals surface area contributed by atoms with Crippen LogP contribution in [0.1, 0.15) is 18.1 Å². The number of nitrogens with one attached hydrogen (secondary N) is 2. The summed E-state index contributed by atoms with van der Waals surface area (Å²) in [5.41, 5.74) is 1.37. The number of aromatic hydroxyl groups is 1. The highest BCUT2D eigenvalue weighted by molar-refractivity contribution is 6.19. The second-order valence-corrected chi connectivity index (χ2v) is 3.76. The van der Waals surface area contributed by atoms with Crippen molar-refractivity contribution in [3.8, 4) is 5.75 Å². The number of benzene rings is 1. The zero-order chi connectivity index (χ0) is 13.7. The highest BCUT2D eigenvalue weighted by Gasteiger charge is 2.09. The number of phenols is 1. The maximum absolute atomic E-state index is 11.4. The summed E-state index contributed by atoms with van der Waals surface area (Å²) in [5, 5.41) is 13.7. The fourth-order valence-corrected chi connectivity index (χ4v) is 1.36. The van der Waals surface area contributed by atoms with Gasteiger partial charge in [-0.1, -0.05) is 6.07 Å². The normalized spacial score (nSPS) is 10.9. The SMILES string of the molecule is [B]NC(=O)/C(=C/c1ccc(O)c(C)c1)NC(C)=O. The maximum atomic E-state index is 11.4. The van der Waals surface area contributed by atoms with Crippen LogP contribution in [0.5, 0.6) is 5.75 Å². The number of aryl methyl sites for hydroxylation is 1. The first kappa shape index (κ1) is 13.8. The highest BCUT2D eigenvalue weighted by Crippen LogP contribution is 2.18. The fourth-order valence-electron chi connectivity index (χ4n) is 1.36. The van der Waals surface area contributed by atoms with Gasteiger partial charge in [0.2, 0.25) is 13.9 Å². The summed E-state index contributed by atoms with van der Waals surface area (Å²) in [6.07, 6.45) is 1.47. The van der Waals surface area contributed by atoms with Crippen LogP contribution in [0.2, 0.25) is 0 Å². The van der Waals surface area contributed by atoms with E-state index in [1.165, 1.54) is 19.1 Å². The Morgan fingerprint density at radius 3 is 2.56 bits per heavy atom. The Morgan fingerprint density at radius 2 is 2.06 bits per heavy atom. The molecule has 2 amide bonds. The van der Waals surface area contributed by atoms with Gasteiger partial charge in [0.1, 0.15) is 11.4 Å². The molecule has 1 aromatic rings. The van der Waals surface area contributed by atoms with Crippen LogP contribution in [0, 0.1) is 6.92 Å². The number of carbonyl (C=O) groups is 2. The topological polar surface area (TPSA) is 78.4 Å². The second-order valence-electron chi connectivity index (χ2n) is 3.76. The average molecular weight is 244 g/mol. The van der Waals surface area contributed by atoms with Crippen molar-refractivity contribution in [3.63, 3.8) is 0 Å². The standard InChI is InChI=1S/C12H13BN2O3/c1-7-5-9(3-4-11(7)17)6-10(12(18)15-13)14-8(2)16/h3-6,17H,1-2H3,(H,14,16)(H,15,18)/b10-6-. The smallest absolute Gasteiger partial charge is 0.255 e. The molecule has 1 rings (SSSR count). The minimum absolute atomic E-state index is 0.0371. The summed E-state index contributed by atoms with van der Waals surface area (Å²) in [6.45, 7) is 3.02. The molecule has 0 fully saturated rings. The van der Waals surface area contributed by atoms with E-state index in [0.717, 1.165) is 0 Å². The van der Waals surface area contributed by atoms with Crippen molar-refractivity contribution in [2.24, 2.45) is 0 Å². The van der Waals surface area contributed by atoms with Gasteiger partial charge < -0.3 is 15.7 Å². The molecular formula is C12H13BN2O3. The molecule has 5 nitrogen and oxygen atoms in total. The van der Waals surface area contributed by atoms with Gasteiger partial charge in [-0.3, -0.25) is 9.59 Å². The summed E-state index contributed by atoms with van der Waals surface area (Å²) in [5.74, 6) is -0.812. The molecule has 0 aliphatic heterocycles. The first-order chi connectivity index (χ1) is 8.43. The first-order valence-corrected chi connectivity index (χ1v) is 5.24. The molecule has 3 N–H and O–H groups in total. The molecule has 2 radical (unpaired) electrons. The van der Waals surface area contributed by atoms with E-state index in [9.17, 15) is 14.7 Å². The molecular weight excluding hydrogens is 231 g/mol. The lowest BCUT2D eigenvalue weighted by Crippen LogP contribution is -2.32. The number of hydrogen-bond acceptors (Lipinski definition) is 3. The first-order valence-electron chi connectivity index (χ1n) is 5.24. The molecule has 18 heavy (non-hydrogen) atoms. The van der Waals surface area contributed by atoms with Gasteiger partial charge in [0.15, 0.2) is 0 Å². The molecule has 0 aliphatic carbocycles. The number of carbonyl (C=O) groups excluding carboxylic acids is 2. The van der Waals surface area contributed by atoms with E-state index < -0.39 is 5.91 Å². The monoisotopic (exact) mass is 244 g/mol. The largest absolute Gasteiger partial charge is 0.508 e. The molecule has 0 atom stereocenters. The molecule has 92 valence electrons. The van der Waals surface area contributed by atoms with Crippen LogP contribution in [-0.2, 0) is 9.59 Å². The molecule has 0 aliphatic rings. The van der Waals surface area contributed by atoms with Gasteiger partial charge in [-0.05, 0) is 36.3 Å². The van der Waals surface area contributed by atoms with E-state index >= 15 is 0 Å². The van der Waals surface area contributed by atoms with Crippen molar-refractivity contribution in [1.29, 1.82) is 0 Å². The molecule has 1 aromatic carbocycles. The lowest BCUT2D eigenvalue weighted by Gasteiger charge is -2.07. The van der Waals surface area contributed by atoms with Gasteiger partial charge in [-0.2, -0.15) is 0 Å². The van der Waals surface area contributed by atoms with Gasteiger partial charge in [-0.25, -0.2) is 0 Å². The Balaban J connectivity index is 3.10. The maximum Gasteiger partial charge on any atom is 0.255 e. The number of amides is 2. The van der Waals surface area contributed by atoms with Crippen molar-refractivity contribution in [3.05, 3.63) is 35.0 Å². The molecule has 0 aromatic heterocycles. The summed E-state index contributed by atoms with van der Waals surface area (Å²) >= 11 is 0. The predicted molar refractivity (Wildman–Crippen MR) is 68.5 cm³/mol. The predicted octanol–water partition coefficient (Wildman–Crippen LogP) is 0.377. The van der Waals surface area contributed by atoms with Crippen LogP contribution in [0.3, 0.4) is 0 Å². The van der Waals surface area contributed by atoms with E-state index in [0.29, 0.717) is 11.1 Å². The average Bonchev–Trinajstić information content (AvgIpc) is 2.31. The Labute approximate surface area is 106 Å². The molecule has 0 heterocycles. The quantitative estimate of drug-likeness (QED) is 0.531. The zero-order valence-corrected chi connectivity index (χ0v) is 10.2. The molecule has 0 saturated heterocycles. The molecule has 0 unspecified atom stereocenters. The Hall–Kier alpha value is -2.24. The van der Waals surface area contributed by atoms with Crippen molar-refractivity contribution in [2.75, 3.05) is 0 Å². The molecule has 0 bridgehead atoms. The van der Waals surface area contributed by atoms with Gasteiger partial charge in [0.25, 0.3) is 5.91 Å². The molecule has 6 heteroatoms. The Morgan fingerprint density at radius 1 is 1.39 bits per heavy atom. The third-order valence-electron chi connectivity index (χ3n) is 2.22. The Bertz CT molecular complexity index is 512. The lowest BCUT2D eigenvalue weighted by atomic mass is 10.1. The Kier molecular flexibility index (Phi) is 4.54. The third kappa shape index (κ3) is 3.66. The van der Waals surface area contributed by atoms with E-state index in [4.69, 9.17) is 7.98 Å². The summed E-state index contributed by atoms with van der Waals surface area (Å²) in [7, 11) is 5.02. The van der Waals surface area contributed by atoms with Crippen LogP contribution in [0.15, 0.2) is 23.9 Å². The minimum atomic E-state index is -0.601. The van der Waals surface area contributed by atoms with Crippen LogP contribution >= 0.6 is 0 Å². The second kappa shape index (κ2) is 5.91. The van der Waals surface area contributed by atoms with Crippen LogP contribution < -0.4 is 10.5 Å². The van der Waals surface area contributed by atoms with Crippen LogP contribution in [-0.4, -0.2) is 24.9 Å². The minimum Gasteiger partial charge on any atom is -0.508 e. The van der Waals surface area contributed by atoms with Gasteiger partial charge in [0.05, 0.1) is 0 Å². The summed E-state index contributed by atoms with van der Waals surface area (Å²) in [4.78, 5) is 22.4. The van der Waals surface area contributed by atoms with E-state index in [-0.39, 0.29) is 17.4 Å². The summed E-state index contributed by atoms with van der Waals surface area (Å²) in [6, 6.07) is 4.81. The number of rotatable bonds is 3. The third-order valence-corrected chi connectivity index (χ3v) is 2.22. The van der Waals surface area contributed by atoms with E-state index in [1.807, 2.05) is 5.23 Å². The van der Waals surface area contributed by atoms with Crippen molar-refractivity contribution < 1.29 is 14.7 Å². The lowest BCUT2D eigenvalue weighted by molar-refractivity contribution is -0.121. The fraction of sp³-hybridized carbons (Fsp3) is 0.167. The molecule has 0 saturated carbocycles. The summed E-state index contributed by atoms with van der Waals surface area (Å²) < 4.78 is 0. The number of hydrogen-bond donors (Lipinski definition) is 3. The van der Waals surface area contributed by atoms with Crippen molar-refractivity contribution in [1.82, 2.24) is 10.5 Å². The highest BCUT2D eigenvalue weighted by atomic mass is 16.3. The van der Waals surface area contributed by atoms with Gasteiger partial charge in [-0.15, -0.1) is 0 Å². The van der Waals surface area contributed by atoms with Gasteiger partial charge in [0, 0.05) is 6.92 Å². The van der Waals surface area contributed by atoms with Crippen molar-refractivity contribution >= 4 is 25.9 Å². The zero-order valence-electron chi connectivity index (χ0n) is 10.2. The van der Waals surface area contributed by atoms with Crippen molar-refractivity contribution in [2.45, 2.75) is 13.8 Å². The van der Waals surface area contributed by atoms with E-state index in [1.54, 1.807) is 19.1 Å².